The molecule has 0 unspecified atom stereocenters. The van der Waals surface area contributed by atoms with Crippen LogP contribution in [0.25, 0.3) is 6.08 Å². The van der Waals surface area contributed by atoms with E-state index >= 15 is 0 Å². The number of hydrogen-bond donors (Lipinski definition) is 1. The van der Waals surface area contributed by atoms with Crippen molar-refractivity contribution in [3.8, 4) is 0 Å². The minimum Gasteiger partial charge on any atom is -0.385 e. The van der Waals surface area contributed by atoms with E-state index in [9.17, 15) is 0 Å². The van der Waals surface area contributed by atoms with Crippen LogP contribution >= 0.6 is 24.0 Å². The summed E-state index contributed by atoms with van der Waals surface area (Å²) < 4.78 is 5.10. The van der Waals surface area contributed by atoms with E-state index in [1.165, 1.54) is 5.56 Å². The van der Waals surface area contributed by atoms with E-state index in [0.717, 1.165) is 64.8 Å². The summed E-state index contributed by atoms with van der Waals surface area (Å²) in [6.07, 6.45) is 5.43. The van der Waals surface area contributed by atoms with Gasteiger partial charge in [0.15, 0.2) is 5.96 Å². The van der Waals surface area contributed by atoms with Crippen molar-refractivity contribution in [2.24, 2.45) is 4.99 Å². The van der Waals surface area contributed by atoms with E-state index in [0.29, 0.717) is 0 Å². The van der Waals surface area contributed by atoms with E-state index in [1.807, 2.05) is 0 Å². The molecule has 26 heavy (non-hydrogen) atoms. The number of piperazine rings is 1. The summed E-state index contributed by atoms with van der Waals surface area (Å²) in [6, 6.07) is 10.5. The van der Waals surface area contributed by atoms with Gasteiger partial charge >= 0.3 is 0 Å². The molecule has 0 atom stereocenters. The molecule has 146 valence electrons. The molecule has 0 amide bonds. The van der Waals surface area contributed by atoms with Crippen LogP contribution < -0.4 is 5.32 Å². The fourth-order valence-electron chi connectivity index (χ4n) is 2.86. The number of guanidine groups is 1. The third-order valence-corrected chi connectivity index (χ3v) is 4.25. The van der Waals surface area contributed by atoms with Gasteiger partial charge in [0.1, 0.15) is 0 Å². The van der Waals surface area contributed by atoms with E-state index in [2.05, 4.69) is 64.5 Å². The summed E-state index contributed by atoms with van der Waals surface area (Å²) in [4.78, 5) is 9.58. The van der Waals surface area contributed by atoms with E-state index in [4.69, 9.17) is 9.73 Å². The monoisotopic (exact) mass is 472 g/mol. The summed E-state index contributed by atoms with van der Waals surface area (Å²) >= 11 is 0. The molecule has 0 aromatic heterocycles. The Labute approximate surface area is 175 Å². The van der Waals surface area contributed by atoms with Crippen LogP contribution in [0.3, 0.4) is 0 Å². The van der Waals surface area contributed by atoms with Crippen molar-refractivity contribution in [2.75, 3.05) is 59.5 Å². The Morgan fingerprint density at radius 1 is 1.19 bits per heavy atom. The number of nitrogens with one attached hydrogen (secondary N) is 1. The van der Waals surface area contributed by atoms with Crippen LogP contribution in [-0.4, -0.2) is 75.3 Å². The molecule has 0 spiro atoms. The smallest absolute Gasteiger partial charge is 0.194 e. The quantitative estimate of drug-likeness (QED) is 0.274. The predicted octanol–water partition coefficient (Wildman–Crippen LogP) is 2.94. The molecule has 1 heterocycles. The molecule has 6 heteroatoms. The van der Waals surface area contributed by atoms with Gasteiger partial charge in [-0.2, -0.15) is 0 Å². The number of benzene rings is 1. The Balaban J connectivity index is 0.00000338. The predicted molar refractivity (Wildman–Crippen MR) is 121 cm³/mol. The first-order valence-corrected chi connectivity index (χ1v) is 9.29. The average molecular weight is 472 g/mol. The second-order valence-electron chi connectivity index (χ2n) is 6.18. The number of halogens is 1. The average Bonchev–Trinajstić information content (AvgIpc) is 2.66. The fraction of sp³-hybridized carbons (Fsp3) is 0.550. The lowest BCUT2D eigenvalue weighted by molar-refractivity contribution is 0.192. The second-order valence-corrected chi connectivity index (χ2v) is 6.18. The van der Waals surface area contributed by atoms with Crippen molar-refractivity contribution in [2.45, 2.75) is 13.3 Å². The lowest BCUT2D eigenvalue weighted by atomic mass is 10.2. The highest BCUT2D eigenvalue weighted by molar-refractivity contribution is 14.0. The number of ether oxygens (including phenoxy) is 1. The van der Waals surface area contributed by atoms with Gasteiger partial charge in [0, 0.05) is 59.5 Å². The van der Waals surface area contributed by atoms with Gasteiger partial charge in [-0.1, -0.05) is 42.5 Å². The number of aliphatic imine (C=N–C) groups is 1. The van der Waals surface area contributed by atoms with E-state index in [-0.39, 0.29) is 24.0 Å². The van der Waals surface area contributed by atoms with Crippen molar-refractivity contribution in [1.29, 1.82) is 0 Å². The first-order valence-electron chi connectivity index (χ1n) is 9.29. The third kappa shape index (κ3) is 8.51. The third-order valence-electron chi connectivity index (χ3n) is 4.25. The van der Waals surface area contributed by atoms with E-state index in [1.54, 1.807) is 7.11 Å². The Hall–Kier alpha value is -1.12. The molecule has 0 aliphatic carbocycles. The van der Waals surface area contributed by atoms with Gasteiger partial charge in [-0.15, -0.1) is 24.0 Å². The molecular formula is C20H33IN4O. The molecule has 1 aromatic rings. The molecule has 0 saturated carbocycles. The summed E-state index contributed by atoms with van der Waals surface area (Å²) in [5.41, 5.74) is 1.26. The number of rotatable bonds is 8. The highest BCUT2D eigenvalue weighted by Crippen LogP contribution is 2.05. The van der Waals surface area contributed by atoms with Gasteiger partial charge in [-0.3, -0.25) is 9.89 Å². The lowest BCUT2D eigenvalue weighted by Gasteiger charge is -2.36. The Kier molecular flexibility index (Phi) is 12.3. The van der Waals surface area contributed by atoms with Crippen LogP contribution in [0.5, 0.6) is 0 Å². The highest BCUT2D eigenvalue weighted by Gasteiger charge is 2.18. The molecule has 0 bridgehead atoms. The normalized spacial score (nSPS) is 15.9. The maximum Gasteiger partial charge on any atom is 0.194 e. The zero-order valence-electron chi connectivity index (χ0n) is 16.1. The highest BCUT2D eigenvalue weighted by atomic mass is 127. The maximum atomic E-state index is 5.10. The number of methoxy groups -OCH3 is 1. The number of nitrogens with zero attached hydrogens (tertiary/aromatic N) is 3. The van der Waals surface area contributed by atoms with Crippen molar-refractivity contribution in [3.05, 3.63) is 42.0 Å². The summed E-state index contributed by atoms with van der Waals surface area (Å²) in [5, 5.41) is 3.41. The van der Waals surface area contributed by atoms with Crippen molar-refractivity contribution < 1.29 is 4.74 Å². The Morgan fingerprint density at radius 2 is 1.92 bits per heavy atom. The van der Waals surface area contributed by atoms with Crippen molar-refractivity contribution >= 4 is 36.0 Å². The van der Waals surface area contributed by atoms with Crippen LogP contribution in [0.2, 0.25) is 0 Å². The molecule has 1 fully saturated rings. The van der Waals surface area contributed by atoms with Gasteiger partial charge in [-0.05, 0) is 18.9 Å². The molecule has 1 aliphatic rings. The van der Waals surface area contributed by atoms with Gasteiger partial charge in [-0.25, -0.2) is 0 Å². The topological polar surface area (TPSA) is 40.1 Å². The molecule has 1 N–H and O–H groups in total. The minimum atomic E-state index is 0. The van der Waals surface area contributed by atoms with Gasteiger partial charge in [0.2, 0.25) is 0 Å². The zero-order valence-corrected chi connectivity index (χ0v) is 18.4. The van der Waals surface area contributed by atoms with Crippen LogP contribution in [0, 0.1) is 0 Å². The largest absolute Gasteiger partial charge is 0.385 e. The summed E-state index contributed by atoms with van der Waals surface area (Å²) in [5.74, 6) is 1.04. The van der Waals surface area contributed by atoms with Gasteiger partial charge in [0.25, 0.3) is 0 Å². The zero-order chi connectivity index (χ0) is 17.7. The molecule has 1 saturated heterocycles. The molecule has 2 rings (SSSR count). The van der Waals surface area contributed by atoms with Gasteiger partial charge in [0.05, 0.1) is 0 Å². The van der Waals surface area contributed by atoms with Crippen molar-refractivity contribution in [1.82, 2.24) is 15.1 Å². The Bertz CT molecular complexity index is 528. The fourth-order valence-corrected chi connectivity index (χ4v) is 2.86. The van der Waals surface area contributed by atoms with Crippen LogP contribution in [-0.2, 0) is 4.74 Å². The Morgan fingerprint density at radius 3 is 2.58 bits per heavy atom. The van der Waals surface area contributed by atoms with Crippen molar-refractivity contribution in [3.63, 3.8) is 0 Å². The van der Waals surface area contributed by atoms with E-state index < -0.39 is 0 Å². The molecule has 0 radical (unpaired) electrons. The molecule has 5 nitrogen and oxygen atoms in total. The number of hydrogen-bond acceptors (Lipinski definition) is 3. The van der Waals surface area contributed by atoms with Gasteiger partial charge < -0.3 is 15.0 Å². The standard InChI is InChI=1S/C20H32N4O.HI/c1-3-21-20(22-12-8-18-25-2)24-16-14-23(15-17-24)13-7-11-19-9-5-4-6-10-19;/h4-7,9-11H,3,8,12-18H2,1-2H3,(H,21,22);1H/b11-7+;. The SMILES string of the molecule is CCNC(=NCCCOC)N1CCN(C/C=C/c2ccccc2)CC1.I. The lowest BCUT2D eigenvalue weighted by Crippen LogP contribution is -2.52. The second kappa shape index (κ2) is 14.0. The molecule has 1 aliphatic heterocycles. The summed E-state index contributed by atoms with van der Waals surface area (Å²) in [7, 11) is 1.74. The molecule has 1 aromatic carbocycles. The first kappa shape index (κ1) is 22.9. The summed E-state index contributed by atoms with van der Waals surface area (Å²) in [6.45, 7) is 9.80. The van der Waals surface area contributed by atoms with Crippen LogP contribution in [0.4, 0.5) is 0 Å². The van der Waals surface area contributed by atoms with Crippen LogP contribution in [0.15, 0.2) is 41.4 Å². The first-order chi connectivity index (χ1) is 12.3. The molecular weight excluding hydrogens is 439 g/mol. The minimum absolute atomic E-state index is 0. The maximum absolute atomic E-state index is 5.10. The van der Waals surface area contributed by atoms with Crippen LogP contribution in [0.1, 0.15) is 18.9 Å².